The number of carbonyl (C=O) groups excluding carboxylic acids is 3. The lowest BCUT2D eigenvalue weighted by Gasteiger charge is -2.49. The number of nitrogens with one attached hydrogen (secondary N) is 2. The lowest BCUT2D eigenvalue weighted by Crippen LogP contribution is -2.70. The number of thioether (sulfide) groups is 1. The van der Waals surface area contributed by atoms with Crippen molar-refractivity contribution in [3.8, 4) is 17.2 Å². The molecule has 4 aliphatic rings. The number of benzene rings is 2. The SMILES string of the molecule is CCC1=C(C(=O)O)N2C(=O)C(NC(=O)CCNC(=O)c3c4oc5cc(O)ccc5nc-4ccc3=O)C2SC1. The van der Waals surface area contributed by atoms with Gasteiger partial charge in [0.05, 0.1) is 0 Å². The van der Waals surface area contributed by atoms with Crippen molar-refractivity contribution in [2.45, 2.75) is 31.2 Å². The Morgan fingerprint density at radius 3 is 2.74 bits per heavy atom. The van der Waals surface area contributed by atoms with Gasteiger partial charge >= 0.3 is 5.97 Å². The molecule has 5 rings (SSSR count). The number of amides is 3. The topological polar surface area (TPSA) is 179 Å². The maximum absolute atomic E-state index is 12.8. The average Bonchev–Trinajstić information content (AvgIpc) is 2.89. The molecular formula is C25H22N4O8S. The fraction of sp³-hybridized carbons (Fsp3) is 0.280. The number of rotatable bonds is 7. The van der Waals surface area contributed by atoms with Crippen LogP contribution in [0.4, 0.5) is 0 Å². The third-order valence-corrected chi connectivity index (χ3v) is 7.69. The van der Waals surface area contributed by atoms with Gasteiger partial charge in [-0.3, -0.25) is 24.1 Å². The Kier molecular flexibility index (Phi) is 6.53. The highest BCUT2D eigenvalue weighted by Crippen LogP contribution is 2.41. The lowest BCUT2D eigenvalue weighted by atomic mass is 10.0. The first-order valence-electron chi connectivity index (χ1n) is 11.7. The Labute approximate surface area is 219 Å². The van der Waals surface area contributed by atoms with Crippen molar-refractivity contribution in [1.29, 1.82) is 0 Å². The van der Waals surface area contributed by atoms with Gasteiger partial charge in [-0.25, -0.2) is 9.78 Å². The highest BCUT2D eigenvalue weighted by atomic mass is 32.2. The van der Waals surface area contributed by atoms with Crippen LogP contribution in [0.15, 0.2) is 50.8 Å². The van der Waals surface area contributed by atoms with Crippen LogP contribution in [0.1, 0.15) is 30.1 Å². The first kappa shape index (κ1) is 25.3. The summed E-state index contributed by atoms with van der Waals surface area (Å²) >= 11 is 1.38. The van der Waals surface area contributed by atoms with E-state index < -0.39 is 40.5 Å². The molecule has 1 aromatic carbocycles. The molecule has 3 aliphatic heterocycles. The molecule has 2 unspecified atom stereocenters. The zero-order chi connectivity index (χ0) is 27.1. The fourth-order valence-electron chi connectivity index (χ4n) is 4.45. The summed E-state index contributed by atoms with van der Waals surface area (Å²) in [5.41, 5.74) is 0.626. The van der Waals surface area contributed by atoms with E-state index in [1.807, 2.05) is 6.92 Å². The summed E-state index contributed by atoms with van der Waals surface area (Å²) in [6.07, 6.45) is 0.325. The summed E-state index contributed by atoms with van der Waals surface area (Å²) in [5, 5.41) is 23.8. The number of carboxylic acid groups (broad SMARTS) is 1. The summed E-state index contributed by atoms with van der Waals surface area (Å²) in [4.78, 5) is 67.7. The van der Waals surface area contributed by atoms with Crippen molar-refractivity contribution >= 4 is 46.6 Å². The standard InChI is InChI=1S/C25H22N4O8S/c1-2-11-10-38-24-19(23(34)29(24)20(11)25(35)36)28-17(32)7-8-26-22(33)18-15(31)6-5-14-21(18)37-16-9-12(30)3-4-13(16)27-14/h3-6,9,19,24,30H,2,7-8,10H2,1H3,(H,26,33)(H,28,32)(H,35,36). The van der Waals surface area contributed by atoms with E-state index in [1.54, 1.807) is 0 Å². The fourth-order valence-corrected chi connectivity index (χ4v) is 5.90. The van der Waals surface area contributed by atoms with Crippen molar-refractivity contribution in [2.24, 2.45) is 0 Å². The highest BCUT2D eigenvalue weighted by Gasteiger charge is 2.53. The molecule has 0 bridgehead atoms. The van der Waals surface area contributed by atoms with E-state index in [-0.39, 0.29) is 47.0 Å². The van der Waals surface area contributed by atoms with Crippen LogP contribution in [0.25, 0.3) is 22.6 Å². The zero-order valence-electron chi connectivity index (χ0n) is 20.0. The predicted molar refractivity (Wildman–Crippen MR) is 135 cm³/mol. The average molecular weight is 539 g/mol. The second-order valence-electron chi connectivity index (χ2n) is 8.72. The van der Waals surface area contributed by atoms with Crippen molar-refractivity contribution in [3.05, 3.63) is 57.4 Å². The van der Waals surface area contributed by atoms with Gasteiger partial charge in [0.15, 0.2) is 16.8 Å². The summed E-state index contributed by atoms with van der Waals surface area (Å²) in [7, 11) is 0. The van der Waals surface area contributed by atoms with E-state index in [0.717, 1.165) is 0 Å². The minimum Gasteiger partial charge on any atom is -0.508 e. The molecule has 13 heteroatoms. The van der Waals surface area contributed by atoms with Crippen LogP contribution in [0.5, 0.6) is 5.75 Å². The number of phenols is 1. The van der Waals surface area contributed by atoms with Gasteiger partial charge in [-0.05, 0) is 36.3 Å². The summed E-state index contributed by atoms with van der Waals surface area (Å²) in [6.45, 7) is 1.69. The van der Waals surface area contributed by atoms with Crippen LogP contribution in [0, 0.1) is 0 Å². The number of hydrogen-bond donors (Lipinski definition) is 4. The Morgan fingerprint density at radius 2 is 2.00 bits per heavy atom. The van der Waals surface area contributed by atoms with Crippen LogP contribution >= 0.6 is 11.8 Å². The number of hydrogen-bond acceptors (Lipinski definition) is 9. The van der Waals surface area contributed by atoms with Gasteiger partial charge in [0.1, 0.15) is 39.6 Å². The van der Waals surface area contributed by atoms with E-state index in [4.69, 9.17) is 4.42 Å². The van der Waals surface area contributed by atoms with Gasteiger partial charge in [-0.2, -0.15) is 0 Å². The Hall–Kier alpha value is -4.39. The first-order chi connectivity index (χ1) is 18.2. The minimum atomic E-state index is -1.18. The second kappa shape index (κ2) is 9.82. The molecule has 1 saturated heterocycles. The lowest BCUT2D eigenvalue weighted by molar-refractivity contribution is -0.150. The summed E-state index contributed by atoms with van der Waals surface area (Å²) in [6, 6.07) is 6.04. The van der Waals surface area contributed by atoms with Crippen LogP contribution in [0.3, 0.4) is 0 Å². The van der Waals surface area contributed by atoms with Crippen LogP contribution < -0.4 is 16.1 Å². The van der Waals surface area contributed by atoms with Gasteiger partial charge in [0.2, 0.25) is 5.91 Å². The summed E-state index contributed by atoms with van der Waals surface area (Å²) in [5.74, 6) is -2.63. The van der Waals surface area contributed by atoms with Crippen LogP contribution in [-0.2, 0) is 14.4 Å². The van der Waals surface area contributed by atoms with Gasteiger partial charge in [0, 0.05) is 24.8 Å². The Bertz CT molecular complexity index is 1560. The normalized spacial score (nSPS) is 18.8. The molecule has 38 heavy (non-hydrogen) atoms. The molecule has 0 radical (unpaired) electrons. The molecule has 196 valence electrons. The maximum atomic E-state index is 12.8. The molecule has 0 saturated carbocycles. The summed E-state index contributed by atoms with van der Waals surface area (Å²) < 4.78 is 5.71. The highest BCUT2D eigenvalue weighted by molar-refractivity contribution is 8.00. The Morgan fingerprint density at radius 1 is 1.21 bits per heavy atom. The number of carbonyl (C=O) groups is 4. The predicted octanol–water partition coefficient (Wildman–Crippen LogP) is 1.27. The molecule has 4 N–H and O–H groups in total. The number of aliphatic carboxylic acids is 1. The van der Waals surface area contributed by atoms with E-state index in [9.17, 15) is 34.2 Å². The van der Waals surface area contributed by atoms with Crippen molar-refractivity contribution < 1.29 is 33.8 Å². The smallest absolute Gasteiger partial charge is 0.352 e. The molecule has 1 fully saturated rings. The molecule has 0 aromatic heterocycles. The van der Waals surface area contributed by atoms with Crippen molar-refractivity contribution in [1.82, 2.24) is 20.5 Å². The molecular weight excluding hydrogens is 516 g/mol. The van der Waals surface area contributed by atoms with E-state index in [1.165, 1.54) is 47.0 Å². The van der Waals surface area contributed by atoms with Gasteiger partial charge in [-0.15, -0.1) is 11.8 Å². The van der Waals surface area contributed by atoms with Crippen molar-refractivity contribution in [3.63, 3.8) is 0 Å². The number of β-lactam (4-membered cyclic amide) rings is 1. The molecule has 1 aromatic rings. The Balaban J connectivity index is 1.23. The third-order valence-electron chi connectivity index (χ3n) is 6.35. The minimum absolute atomic E-state index is 0.0228. The molecule has 12 nitrogen and oxygen atoms in total. The van der Waals surface area contributed by atoms with Crippen LogP contribution in [-0.4, -0.2) is 67.5 Å². The van der Waals surface area contributed by atoms with E-state index >= 15 is 0 Å². The maximum Gasteiger partial charge on any atom is 0.352 e. The third kappa shape index (κ3) is 4.34. The van der Waals surface area contributed by atoms with E-state index in [0.29, 0.717) is 23.3 Å². The van der Waals surface area contributed by atoms with Gasteiger partial charge < -0.3 is 25.3 Å². The van der Waals surface area contributed by atoms with Crippen molar-refractivity contribution in [2.75, 3.05) is 12.3 Å². The number of aromatic nitrogens is 1. The molecule has 2 atom stereocenters. The van der Waals surface area contributed by atoms with Crippen LogP contribution in [0.2, 0.25) is 0 Å². The van der Waals surface area contributed by atoms with Gasteiger partial charge in [-0.1, -0.05) is 6.92 Å². The first-order valence-corrected chi connectivity index (χ1v) is 12.8. The second-order valence-corrected chi connectivity index (χ2v) is 9.83. The number of carboxylic acids is 1. The number of phenolic OH excluding ortho intramolecular Hbond substituents is 1. The monoisotopic (exact) mass is 538 g/mol. The number of nitrogens with zero attached hydrogens (tertiary/aromatic N) is 2. The molecule has 0 spiro atoms. The van der Waals surface area contributed by atoms with E-state index in [2.05, 4.69) is 15.6 Å². The largest absolute Gasteiger partial charge is 0.508 e. The molecule has 3 heterocycles. The zero-order valence-corrected chi connectivity index (χ0v) is 20.8. The number of fused-ring (bicyclic) bond motifs is 3. The number of aromatic hydroxyl groups is 1. The molecule has 1 aliphatic carbocycles. The molecule has 3 amide bonds. The quantitative estimate of drug-likeness (QED) is 0.253. The van der Waals surface area contributed by atoms with Gasteiger partial charge in [0.25, 0.3) is 11.8 Å².